The number of aromatic nitrogens is 2. The molecule has 1 atom stereocenters. The highest BCUT2D eigenvalue weighted by molar-refractivity contribution is 7.99. The van der Waals surface area contributed by atoms with Crippen molar-refractivity contribution >= 4 is 34.0 Å². The number of fused-ring (bicyclic) bond motifs is 1. The Morgan fingerprint density at radius 3 is 2.86 bits per heavy atom. The molecule has 104 valence electrons. The third-order valence-corrected chi connectivity index (χ3v) is 5.12. The van der Waals surface area contributed by atoms with Crippen LogP contribution in [0, 0.1) is 17.2 Å². The van der Waals surface area contributed by atoms with Crippen molar-refractivity contribution in [2.75, 3.05) is 5.75 Å². The van der Waals surface area contributed by atoms with Crippen LogP contribution in [0.1, 0.15) is 6.92 Å². The monoisotopic (exact) mass is 311 g/mol. The normalized spacial score (nSPS) is 12.2. The fourth-order valence-corrected chi connectivity index (χ4v) is 3.53. The maximum absolute atomic E-state index is 8.94. The molecule has 0 amide bonds. The molecule has 0 aliphatic heterocycles. The fourth-order valence-electron chi connectivity index (χ4n) is 1.91. The lowest BCUT2D eigenvalue weighted by molar-refractivity contribution is 0.862. The molecule has 0 aliphatic rings. The second-order valence-corrected chi connectivity index (χ2v) is 6.64. The summed E-state index contributed by atoms with van der Waals surface area (Å²) in [5.41, 5.74) is 0.947. The molecule has 21 heavy (non-hydrogen) atoms. The molecule has 0 N–H and O–H groups in total. The van der Waals surface area contributed by atoms with E-state index in [4.69, 9.17) is 10.2 Å². The van der Waals surface area contributed by atoms with Gasteiger partial charge in [0, 0.05) is 11.1 Å². The first-order valence-corrected chi connectivity index (χ1v) is 8.47. The molecular weight excluding hydrogens is 298 g/mol. The Bertz CT molecular complexity index is 791. The van der Waals surface area contributed by atoms with Gasteiger partial charge in [-0.1, -0.05) is 24.3 Å². The number of nitrogens with zero attached hydrogens (tertiary/aromatic N) is 3. The van der Waals surface area contributed by atoms with Crippen molar-refractivity contribution in [1.29, 1.82) is 5.26 Å². The van der Waals surface area contributed by atoms with Gasteiger partial charge in [-0.2, -0.15) is 5.26 Å². The van der Waals surface area contributed by atoms with E-state index in [1.54, 1.807) is 23.1 Å². The van der Waals surface area contributed by atoms with Gasteiger partial charge in [0.05, 0.1) is 22.4 Å². The molecule has 1 aromatic carbocycles. The molecule has 0 saturated carbocycles. The van der Waals surface area contributed by atoms with E-state index in [1.807, 2.05) is 48.7 Å². The molecule has 2 heterocycles. The smallest absolute Gasteiger partial charge is 0.171 e. The first-order chi connectivity index (χ1) is 10.3. The molecule has 0 unspecified atom stereocenters. The molecule has 0 fully saturated rings. The Labute approximate surface area is 131 Å². The van der Waals surface area contributed by atoms with E-state index >= 15 is 0 Å². The first-order valence-electron chi connectivity index (χ1n) is 6.61. The number of thiophene rings is 1. The molecule has 3 nitrogen and oxygen atoms in total. The Morgan fingerprint density at radius 1 is 1.24 bits per heavy atom. The molecule has 3 aromatic rings. The fraction of sp³-hybridized carbons (Fsp3) is 0.188. The van der Waals surface area contributed by atoms with Crippen molar-refractivity contribution in [2.24, 2.45) is 5.92 Å². The summed E-state index contributed by atoms with van der Waals surface area (Å²) < 4.78 is 0. The van der Waals surface area contributed by atoms with Gasteiger partial charge in [0.2, 0.25) is 0 Å². The largest absolute Gasteiger partial charge is 0.227 e. The molecule has 0 bridgehead atoms. The van der Waals surface area contributed by atoms with Crippen LogP contribution in [0.25, 0.3) is 21.6 Å². The molecular formula is C16H13N3S2. The van der Waals surface area contributed by atoms with Gasteiger partial charge in [0.1, 0.15) is 5.03 Å². The van der Waals surface area contributed by atoms with Gasteiger partial charge < -0.3 is 0 Å². The Kier molecular flexibility index (Phi) is 4.18. The van der Waals surface area contributed by atoms with Gasteiger partial charge in [0.15, 0.2) is 5.82 Å². The Balaban J connectivity index is 2.06. The van der Waals surface area contributed by atoms with Crippen molar-refractivity contribution in [1.82, 2.24) is 9.97 Å². The minimum atomic E-state index is 0.00825. The SMILES string of the molecule is C[C@@H](C#N)CSc1nc(-c2cccs2)nc2ccccc12. The maximum atomic E-state index is 8.94. The molecule has 5 heteroatoms. The van der Waals surface area contributed by atoms with Crippen molar-refractivity contribution in [3.63, 3.8) is 0 Å². The van der Waals surface area contributed by atoms with E-state index in [-0.39, 0.29) is 5.92 Å². The summed E-state index contributed by atoms with van der Waals surface area (Å²) in [5, 5.41) is 13.0. The highest BCUT2D eigenvalue weighted by Crippen LogP contribution is 2.30. The van der Waals surface area contributed by atoms with Crippen LogP contribution < -0.4 is 0 Å². The lowest BCUT2D eigenvalue weighted by atomic mass is 10.2. The maximum Gasteiger partial charge on any atom is 0.171 e. The summed E-state index contributed by atoms with van der Waals surface area (Å²) in [4.78, 5) is 10.4. The van der Waals surface area contributed by atoms with E-state index in [1.165, 1.54) is 0 Å². The molecule has 0 saturated heterocycles. The van der Waals surface area contributed by atoms with Crippen molar-refractivity contribution < 1.29 is 0 Å². The van der Waals surface area contributed by atoms with Crippen molar-refractivity contribution in [2.45, 2.75) is 11.9 Å². The topological polar surface area (TPSA) is 49.6 Å². The number of rotatable bonds is 4. The van der Waals surface area contributed by atoms with Crippen LogP contribution in [0.4, 0.5) is 0 Å². The number of para-hydroxylation sites is 1. The summed E-state index contributed by atoms with van der Waals surface area (Å²) in [6.45, 7) is 1.93. The number of nitriles is 1. The third kappa shape index (κ3) is 3.07. The summed E-state index contributed by atoms with van der Waals surface area (Å²) in [6, 6.07) is 14.3. The number of thioether (sulfide) groups is 1. The predicted octanol–water partition coefficient (Wildman–Crippen LogP) is 4.61. The van der Waals surface area contributed by atoms with E-state index in [2.05, 4.69) is 11.1 Å². The van der Waals surface area contributed by atoms with Gasteiger partial charge in [-0.15, -0.1) is 23.1 Å². The highest BCUT2D eigenvalue weighted by atomic mass is 32.2. The zero-order chi connectivity index (χ0) is 14.7. The van der Waals surface area contributed by atoms with Crippen molar-refractivity contribution in [3.05, 3.63) is 41.8 Å². The first kappa shape index (κ1) is 14.1. The van der Waals surface area contributed by atoms with E-state index < -0.39 is 0 Å². The second-order valence-electron chi connectivity index (χ2n) is 4.69. The van der Waals surface area contributed by atoms with Gasteiger partial charge >= 0.3 is 0 Å². The molecule has 0 radical (unpaired) electrons. The zero-order valence-electron chi connectivity index (χ0n) is 11.5. The lowest BCUT2D eigenvalue weighted by Crippen LogP contribution is -1.97. The van der Waals surface area contributed by atoms with Crippen molar-refractivity contribution in [3.8, 4) is 16.8 Å². The van der Waals surface area contributed by atoms with Crippen LogP contribution in [0.15, 0.2) is 46.8 Å². The van der Waals surface area contributed by atoms with Crippen LogP contribution >= 0.6 is 23.1 Å². The third-order valence-electron chi connectivity index (χ3n) is 3.00. The summed E-state index contributed by atoms with van der Waals surface area (Å²) in [5.74, 6) is 1.51. The Hall–Kier alpha value is -1.90. The highest BCUT2D eigenvalue weighted by Gasteiger charge is 2.11. The molecule has 3 rings (SSSR count). The van der Waals surface area contributed by atoms with Gasteiger partial charge in [-0.25, -0.2) is 9.97 Å². The van der Waals surface area contributed by atoms with Crippen LogP contribution in [0.3, 0.4) is 0 Å². The summed E-state index contributed by atoms with van der Waals surface area (Å²) in [7, 11) is 0. The number of hydrogen-bond acceptors (Lipinski definition) is 5. The lowest BCUT2D eigenvalue weighted by Gasteiger charge is -2.08. The van der Waals surface area contributed by atoms with Crippen LogP contribution in [-0.2, 0) is 0 Å². The number of hydrogen-bond donors (Lipinski definition) is 0. The quantitative estimate of drug-likeness (QED) is 0.521. The van der Waals surface area contributed by atoms with E-state index in [0.717, 1.165) is 32.4 Å². The number of benzene rings is 1. The average molecular weight is 311 g/mol. The molecule has 2 aromatic heterocycles. The second kappa shape index (κ2) is 6.25. The van der Waals surface area contributed by atoms with Gasteiger partial charge in [-0.05, 0) is 24.4 Å². The van der Waals surface area contributed by atoms with E-state index in [9.17, 15) is 0 Å². The Morgan fingerprint density at radius 2 is 2.10 bits per heavy atom. The average Bonchev–Trinajstić information content (AvgIpc) is 3.06. The van der Waals surface area contributed by atoms with Crippen LogP contribution in [-0.4, -0.2) is 15.7 Å². The van der Waals surface area contributed by atoms with E-state index in [0.29, 0.717) is 0 Å². The van der Waals surface area contributed by atoms with Gasteiger partial charge in [-0.3, -0.25) is 0 Å². The molecule has 0 aliphatic carbocycles. The molecule has 0 spiro atoms. The summed E-state index contributed by atoms with van der Waals surface area (Å²) >= 11 is 3.26. The standard InChI is InChI=1S/C16H13N3S2/c1-11(9-17)10-21-16-12-5-2-3-6-13(12)18-15(19-16)14-7-4-8-20-14/h2-8,11H,10H2,1H3/t11-/m0/s1. The van der Waals surface area contributed by atoms with Crippen LogP contribution in [0.2, 0.25) is 0 Å². The predicted molar refractivity (Wildman–Crippen MR) is 88.4 cm³/mol. The zero-order valence-corrected chi connectivity index (χ0v) is 13.1. The summed E-state index contributed by atoms with van der Waals surface area (Å²) in [6.07, 6.45) is 0. The van der Waals surface area contributed by atoms with Crippen LogP contribution in [0.5, 0.6) is 0 Å². The minimum absolute atomic E-state index is 0.00825. The minimum Gasteiger partial charge on any atom is -0.227 e. The van der Waals surface area contributed by atoms with Gasteiger partial charge in [0.25, 0.3) is 0 Å².